The summed E-state index contributed by atoms with van der Waals surface area (Å²) in [5.41, 5.74) is 1.59. The van der Waals surface area contributed by atoms with E-state index in [1.54, 1.807) is 41.8 Å². The number of fused-ring (bicyclic) bond motifs is 1. The van der Waals surface area contributed by atoms with Crippen molar-refractivity contribution in [2.75, 3.05) is 13.2 Å². The number of imidazole rings is 1. The number of esters is 1. The van der Waals surface area contributed by atoms with Gasteiger partial charge in [0.1, 0.15) is 0 Å². The lowest BCUT2D eigenvalue weighted by molar-refractivity contribution is -0.124. The van der Waals surface area contributed by atoms with Gasteiger partial charge in [-0.25, -0.2) is 14.6 Å². The number of hydrogen-bond donors (Lipinski definition) is 2. The van der Waals surface area contributed by atoms with Crippen LogP contribution in [0.3, 0.4) is 0 Å². The van der Waals surface area contributed by atoms with Gasteiger partial charge in [-0.05, 0) is 36.4 Å². The molecule has 0 aliphatic rings. The normalized spacial score (nSPS) is 10.8. The molecule has 0 unspecified atom stereocenters. The van der Waals surface area contributed by atoms with E-state index < -0.39 is 5.97 Å². The van der Waals surface area contributed by atoms with E-state index in [1.807, 2.05) is 24.3 Å². The molecule has 0 aliphatic carbocycles. The fraction of sp³-hybridized carbons (Fsp3) is 0.143. The standard InChI is InChI=1S/C21H18N4O4S/c26-18(22-10-9-19-24-16-3-1-2-4-17(16)30-19)13-29-20(27)14-5-7-15(8-6-14)25-12-11-23-21(25)28/h1-8,11-12H,9-10,13H2,(H,22,26)(H,23,28). The molecule has 4 rings (SSSR count). The highest BCUT2D eigenvalue weighted by molar-refractivity contribution is 7.18. The molecule has 2 N–H and O–H groups in total. The average Bonchev–Trinajstić information content (AvgIpc) is 3.37. The van der Waals surface area contributed by atoms with Gasteiger partial charge in [-0.2, -0.15) is 0 Å². The van der Waals surface area contributed by atoms with Crippen LogP contribution in [0.15, 0.2) is 65.7 Å². The molecule has 2 aromatic carbocycles. The lowest BCUT2D eigenvalue weighted by Gasteiger charge is -2.07. The number of carbonyl (C=O) groups excluding carboxylic acids is 2. The van der Waals surface area contributed by atoms with Gasteiger partial charge in [0.15, 0.2) is 6.61 Å². The number of rotatable bonds is 7. The molecule has 9 heteroatoms. The smallest absolute Gasteiger partial charge is 0.338 e. The number of amides is 1. The molecule has 2 heterocycles. The van der Waals surface area contributed by atoms with Gasteiger partial charge in [0.25, 0.3) is 5.91 Å². The molecule has 0 bridgehead atoms. The first-order valence-corrected chi connectivity index (χ1v) is 10.1. The highest BCUT2D eigenvalue weighted by atomic mass is 32.1. The zero-order valence-corrected chi connectivity index (χ0v) is 16.6. The first kappa shape index (κ1) is 19.6. The van der Waals surface area contributed by atoms with Gasteiger partial charge >= 0.3 is 11.7 Å². The number of aromatic nitrogens is 3. The van der Waals surface area contributed by atoms with Crippen molar-refractivity contribution in [3.63, 3.8) is 0 Å². The fourth-order valence-corrected chi connectivity index (χ4v) is 3.85. The Morgan fingerprint density at radius 3 is 2.67 bits per heavy atom. The molecule has 0 atom stereocenters. The number of nitrogens with one attached hydrogen (secondary N) is 2. The van der Waals surface area contributed by atoms with E-state index in [0.717, 1.165) is 15.2 Å². The Kier molecular flexibility index (Phi) is 5.71. The monoisotopic (exact) mass is 422 g/mol. The molecule has 8 nitrogen and oxygen atoms in total. The first-order chi connectivity index (χ1) is 14.6. The predicted molar refractivity (Wildman–Crippen MR) is 113 cm³/mol. The van der Waals surface area contributed by atoms with Crippen LogP contribution in [-0.2, 0) is 16.0 Å². The zero-order valence-electron chi connectivity index (χ0n) is 15.8. The predicted octanol–water partition coefficient (Wildman–Crippen LogP) is 2.29. The van der Waals surface area contributed by atoms with Crippen molar-refractivity contribution in [3.8, 4) is 5.69 Å². The number of H-pyrrole nitrogens is 1. The van der Waals surface area contributed by atoms with Crippen LogP contribution in [0, 0.1) is 0 Å². The minimum Gasteiger partial charge on any atom is -0.452 e. The second-order valence-electron chi connectivity index (χ2n) is 6.43. The molecule has 0 saturated carbocycles. The summed E-state index contributed by atoms with van der Waals surface area (Å²) in [6.07, 6.45) is 3.73. The van der Waals surface area contributed by atoms with Crippen molar-refractivity contribution in [2.24, 2.45) is 0 Å². The molecule has 0 radical (unpaired) electrons. The zero-order chi connectivity index (χ0) is 20.9. The molecular weight excluding hydrogens is 404 g/mol. The van der Waals surface area contributed by atoms with E-state index in [2.05, 4.69) is 15.3 Å². The van der Waals surface area contributed by atoms with E-state index in [-0.39, 0.29) is 18.2 Å². The van der Waals surface area contributed by atoms with Gasteiger partial charge in [-0.1, -0.05) is 12.1 Å². The highest BCUT2D eigenvalue weighted by Crippen LogP contribution is 2.21. The Labute approximate surface area is 175 Å². The van der Waals surface area contributed by atoms with E-state index in [1.165, 1.54) is 10.8 Å². The quantitative estimate of drug-likeness (QED) is 0.445. The van der Waals surface area contributed by atoms with E-state index in [0.29, 0.717) is 24.2 Å². The van der Waals surface area contributed by atoms with E-state index >= 15 is 0 Å². The number of benzene rings is 2. The van der Waals surface area contributed by atoms with Crippen molar-refractivity contribution >= 4 is 33.4 Å². The van der Waals surface area contributed by atoms with Crippen molar-refractivity contribution < 1.29 is 14.3 Å². The fourth-order valence-electron chi connectivity index (χ4n) is 2.88. The van der Waals surface area contributed by atoms with Crippen LogP contribution >= 0.6 is 11.3 Å². The van der Waals surface area contributed by atoms with Crippen molar-refractivity contribution in [1.82, 2.24) is 19.9 Å². The van der Waals surface area contributed by atoms with Crippen LogP contribution < -0.4 is 11.0 Å². The van der Waals surface area contributed by atoms with Gasteiger partial charge in [0.2, 0.25) is 0 Å². The summed E-state index contributed by atoms with van der Waals surface area (Å²) in [5.74, 6) is -0.982. The molecule has 4 aromatic rings. The summed E-state index contributed by atoms with van der Waals surface area (Å²) in [7, 11) is 0. The van der Waals surface area contributed by atoms with Crippen LogP contribution in [0.4, 0.5) is 0 Å². The van der Waals surface area contributed by atoms with Gasteiger partial charge in [-0.15, -0.1) is 11.3 Å². The lowest BCUT2D eigenvalue weighted by atomic mass is 10.2. The lowest BCUT2D eigenvalue weighted by Crippen LogP contribution is -2.30. The number of nitrogens with zero attached hydrogens (tertiary/aromatic N) is 2. The molecule has 0 saturated heterocycles. The molecule has 152 valence electrons. The highest BCUT2D eigenvalue weighted by Gasteiger charge is 2.11. The Morgan fingerprint density at radius 2 is 1.93 bits per heavy atom. The molecular formula is C21H18N4O4S. The minimum atomic E-state index is -0.607. The maximum Gasteiger partial charge on any atom is 0.338 e. The summed E-state index contributed by atoms with van der Waals surface area (Å²) in [4.78, 5) is 42.7. The van der Waals surface area contributed by atoms with Gasteiger partial charge in [0.05, 0.1) is 26.5 Å². The average molecular weight is 422 g/mol. The molecule has 30 heavy (non-hydrogen) atoms. The summed E-state index contributed by atoms with van der Waals surface area (Å²) >= 11 is 1.59. The van der Waals surface area contributed by atoms with Gasteiger partial charge in [0, 0.05) is 25.4 Å². The number of aromatic amines is 1. The van der Waals surface area contributed by atoms with Crippen LogP contribution in [0.5, 0.6) is 0 Å². The summed E-state index contributed by atoms with van der Waals surface area (Å²) in [5, 5.41) is 3.67. The van der Waals surface area contributed by atoms with E-state index in [4.69, 9.17) is 4.74 Å². The van der Waals surface area contributed by atoms with E-state index in [9.17, 15) is 14.4 Å². The number of para-hydroxylation sites is 1. The number of ether oxygens (including phenoxy) is 1. The third kappa shape index (κ3) is 4.47. The number of carbonyl (C=O) groups is 2. The van der Waals surface area contributed by atoms with Crippen LogP contribution in [-0.4, -0.2) is 39.6 Å². The molecule has 0 aliphatic heterocycles. The Hall–Kier alpha value is -3.72. The van der Waals surface area contributed by atoms with Crippen molar-refractivity contribution in [1.29, 1.82) is 0 Å². The Balaban J connectivity index is 1.23. The molecule has 1 amide bonds. The number of thiazole rings is 1. The molecule has 0 fully saturated rings. The minimum absolute atomic E-state index is 0.271. The van der Waals surface area contributed by atoms with Crippen LogP contribution in [0.25, 0.3) is 15.9 Å². The molecule has 2 aromatic heterocycles. The van der Waals surface area contributed by atoms with Crippen LogP contribution in [0.2, 0.25) is 0 Å². The SMILES string of the molecule is O=C(COC(=O)c1ccc(-n2cc[nH]c2=O)cc1)NCCc1nc2ccccc2s1. The third-order valence-corrected chi connectivity index (χ3v) is 5.46. The van der Waals surface area contributed by atoms with Crippen LogP contribution in [0.1, 0.15) is 15.4 Å². The largest absolute Gasteiger partial charge is 0.452 e. The summed E-state index contributed by atoms with van der Waals surface area (Å²) in [6, 6.07) is 14.2. The second-order valence-corrected chi connectivity index (χ2v) is 7.55. The van der Waals surface area contributed by atoms with Crippen molar-refractivity contribution in [2.45, 2.75) is 6.42 Å². The number of hydrogen-bond acceptors (Lipinski definition) is 6. The maximum absolute atomic E-state index is 12.1. The second kappa shape index (κ2) is 8.75. The summed E-state index contributed by atoms with van der Waals surface area (Å²) in [6.45, 7) is 0.0496. The molecule has 0 spiro atoms. The van der Waals surface area contributed by atoms with Gasteiger partial charge < -0.3 is 15.0 Å². The maximum atomic E-state index is 12.1. The summed E-state index contributed by atoms with van der Waals surface area (Å²) < 4.78 is 7.58. The first-order valence-electron chi connectivity index (χ1n) is 9.25. The Bertz CT molecular complexity index is 1210. The van der Waals surface area contributed by atoms with Gasteiger partial charge in [-0.3, -0.25) is 9.36 Å². The topological polar surface area (TPSA) is 106 Å². The van der Waals surface area contributed by atoms with Crippen molar-refractivity contribution in [3.05, 3.63) is 82.0 Å². The third-order valence-electron chi connectivity index (χ3n) is 4.36. The Morgan fingerprint density at radius 1 is 1.13 bits per heavy atom.